The fourth-order valence-corrected chi connectivity index (χ4v) is 3.26. The largest absolute Gasteiger partial charge is 0.313 e. The van der Waals surface area contributed by atoms with Crippen molar-refractivity contribution in [3.8, 4) is 0 Å². The lowest BCUT2D eigenvalue weighted by Gasteiger charge is -2.08. The highest BCUT2D eigenvalue weighted by Crippen LogP contribution is 2.32. The maximum atomic E-state index is 4.56. The van der Waals surface area contributed by atoms with Crippen molar-refractivity contribution in [3.05, 3.63) is 40.6 Å². The second-order valence-electron chi connectivity index (χ2n) is 5.12. The number of rotatable bonds is 5. The van der Waals surface area contributed by atoms with Crippen LogP contribution in [-0.2, 0) is 13.6 Å². The Morgan fingerprint density at radius 3 is 2.60 bits per heavy atom. The third kappa shape index (κ3) is 3.25. The standard InChI is InChI=1S/C16H23N3S/c1-6-17-10-15-13(4)18-19(5)16(15)20-14-8-7-11(2)12(3)9-14/h7-9,17H,6,10H2,1-5H3. The number of aryl methyl sites for hydroxylation is 4. The van der Waals surface area contributed by atoms with E-state index in [2.05, 4.69) is 56.3 Å². The Morgan fingerprint density at radius 1 is 1.20 bits per heavy atom. The minimum Gasteiger partial charge on any atom is -0.313 e. The molecule has 1 aromatic heterocycles. The van der Waals surface area contributed by atoms with Crippen molar-refractivity contribution >= 4 is 11.8 Å². The summed E-state index contributed by atoms with van der Waals surface area (Å²) in [6.45, 7) is 10.4. The number of benzene rings is 1. The predicted octanol–water partition coefficient (Wildman–Crippen LogP) is 3.61. The molecule has 0 aliphatic carbocycles. The Balaban J connectivity index is 2.29. The molecule has 4 heteroatoms. The van der Waals surface area contributed by atoms with Crippen LogP contribution in [0.5, 0.6) is 0 Å². The topological polar surface area (TPSA) is 29.9 Å². The van der Waals surface area contributed by atoms with Crippen molar-refractivity contribution in [1.82, 2.24) is 15.1 Å². The van der Waals surface area contributed by atoms with E-state index in [1.807, 2.05) is 11.7 Å². The molecule has 0 unspecified atom stereocenters. The van der Waals surface area contributed by atoms with E-state index in [0.29, 0.717) is 0 Å². The van der Waals surface area contributed by atoms with Crippen molar-refractivity contribution in [3.63, 3.8) is 0 Å². The van der Waals surface area contributed by atoms with E-state index in [1.165, 1.54) is 26.6 Å². The first-order valence-electron chi connectivity index (χ1n) is 7.01. The molecule has 0 radical (unpaired) electrons. The smallest absolute Gasteiger partial charge is 0.103 e. The van der Waals surface area contributed by atoms with Gasteiger partial charge in [-0.3, -0.25) is 4.68 Å². The molecule has 0 spiro atoms. The van der Waals surface area contributed by atoms with Crippen LogP contribution >= 0.6 is 11.8 Å². The summed E-state index contributed by atoms with van der Waals surface area (Å²) in [5, 5.41) is 9.18. The van der Waals surface area contributed by atoms with E-state index in [9.17, 15) is 0 Å². The summed E-state index contributed by atoms with van der Waals surface area (Å²) >= 11 is 1.80. The van der Waals surface area contributed by atoms with Crippen molar-refractivity contribution < 1.29 is 0 Å². The van der Waals surface area contributed by atoms with E-state index in [0.717, 1.165) is 18.8 Å². The maximum absolute atomic E-state index is 4.56. The van der Waals surface area contributed by atoms with Gasteiger partial charge in [0.05, 0.1) is 5.69 Å². The number of hydrogen-bond donors (Lipinski definition) is 1. The van der Waals surface area contributed by atoms with Crippen LogP contribution in [0.15, 0.2) is 28.1 Å². The highest BCUT2D eigenvalue weighted by atomic mass is 32.2. The summed E-state index contributed by atoms with van der Waals surface area (Å²) in [5.41, 5.74) is 5.09. The Bertz CT molecular complexity index is 602. The highest BCUT2D eigenvalue weighted by molar-refractivity contribution is 7.99. The van der Waals surface area contributed by atoms with Gasteiger partial charge < -0.3 is 5.32 Å². The van der Waals surface area contributed by atoms with E-state index >= 15 is 0 Å². The van der Waals surface area contributed by atoms with Crippen molar-refractivity contribution in [2.75, 3.05) is 6.54 Å². The van der Waals surface area contributed by atoms with Crippen LogP contribution in [-0.4, -0.2) is 16.3 Å². The van der Waals surface area contributed by atoms with E-state index in [-0.39, 0.29) is 0 Å². The van der Waals surface area contributed by atoms with Crippen LogP contribution in [0.25, 0.3) is 0 Å². The molecule has 20 heavy (non-hydrogen) atoms. The molecule has 2 aromatic rings. The molecule has 2 rings (SSSR count). The Hall–Kier alpha value is -1.26. The van der Waals surface area contributed by atoms with Crippen LogP contribution in [0, 0.1) is 20.8 Å². The van der Waals surface area contributed by atoms with Gasteiger partial charge in [-0.1, -0.05) is 24.8 Å². The Morgan fingerprint density at radius 2 is 1.95 bits per heavy atom. The van der Waals surface area contributed by atoms with Gasteiger partial charge in [0.2, 0.25) is 0 Å². The molecule has 0 fully saturated rings. The molecule has 1 heterocycles. The van der Waals surface area contributed by atoms with Crippen molar-refractivity contribution in [2.24, 2.45) is 7.05 Å². The molecule has 0 saturated heterocycles. The Labute approximate surface area is 125 Å². The van der Waals surface area contributed by atoms with Gasteiger partial charge >= 0.3 is 0 Å². The van der Waals surface area contributed by atoms with Crippen LogP contribution in [0.2, 0.25) is 0 Å². The average Bonchev–Trinajstić information content (AvgIpc) is 2.66. The zero-order valence-electron chi connectivity index (χ0n) is 12.9. The molecular weight excluding hydrogens is 266 g/mol. The number of aromatic nitrogens is 2. The molecule has 0 atom stereocenters. The van der Waals surface area contributed by atoms with Gasteiger partial charge in [-0.15, -0.1) is 0 Å². The van der Waals surface area contributed by atoms with Gasteiger partial charge in [0.1, 0.15) is 5.03 Å². The summed E-state index contributed by atoms with van der Waals surface area (Å²) in [7, 11) is 2.02. The zero-order chi connectivity index (χ0) is 14.7. The number of nitrogens with zero attached hydrogens (tertiary/aromatic N) is 2. The van der Waals surface area contributed by atoms with Crippen molar-refractivity contribution in [2.45, 2.75) is 44.2 Å². The molecule has 0 bridgehead atoms. The summed E-state index contributed by atoms with van der Waals surface area (Å²) in [6, 6.07) is 6.62. The normalized spacial score (nSPS) is 11.1. The minimum absolute atomic E-state index is 0.878. The third-order valence-electron chi connectivity index (χ3n) is 3.53. The summed E-state index contributed by atoms with van der Waals surface area (Å²) in [5.74, 6) is 0. The first-order chi connectivity index (χ1) is 9.52. The number of hydrogen-bond acceptors (Lipinski definition) is 3. The molecule has 0 aliphatic rings. The maximum Gasteiger partial charge on any atom is 0.103 e. The zero-order valence-corrected chi connectivity index (χ0v) is 13.8. The Kier molecular flexibility index (Phi) is 4.89. The quantitative estimate of drug-likeness (QED) is 0.912. The van der Waals surface area contributed by atoms with Crippen LogP contribution in [0.1, 0.15) is 29.3 Å². The fourth-order valence-electron chi connectivity index (χ4n) is 2.15. The van der Waals surface area contributed by atoms with E-state index < -0.39 is 0 Å². The second-order valence-corrected chi connectivity index (χ2v) is 6.18. The van der Waals surface area contributed by atoms with E-state index in [1.54, 1.807) is 11.8 Å². The van der Waals surface area contributed by atoms with Gasteiger partial charge in [-0.2, -0.15) is 5.10 Å². The molecule has 3 nitrogen and oxygen atoms in total. The molecular formula is C16H23N3S. The lowest BCUT2D eigenvalue weighted by molar-refractivity contribution is 0.674. The summed E-state index contributed by atoms with van der Waals surface area (Å²) in [4.78, 5) is 1.27. The molecule has 1 aromatic carbocycles. The van der Waals surface area contributed by atoms with Gasteiger partial charge in [-0.05, 0) is 50.6 Å². The molecule has 0 saturated carbocycles. The van der Waals surface area contributed by atoms with Gasteiger partial charge in [0.15, 0.2) is 0 Å². The van der Waals surface area contributed by atoms with Crippen LogP contribution in [0.3, 0.4) is 0 Å². The molecule has 108 valence electrons. The fraction of sp³-hybridized carbons (Fsp3) is 0.438. The lowest BCUT2D eigenvalue weighted by Crippen LogP contribution is -2.12. The molecule has 0 amide bonds. The predicted molar refractivity (Wildman–Crippen MR) is 85.4 cm³/mol. The first-order valence-corrected chi connectivity index (χ1v) is 7.82. The highest BCUT2D eigenvalue weighted by Gasteiger charge is 2.14. The van der Waals surface area contributed by atoms with Crippen LogP contribution < -0.4 is 5.32 Å². The van der Waals surface area contributed by atoms with E-state index in [4.69, 9.17) is 0 Å². The summed E-state index contributed by atoms with van der Waals surface area (Å²) < 4.78 is 1.99. The SMILES string of the molecule is CCNCc1c(C)nn(C)c1Sc1ccc(C)c(C)c1. The summed E-state index contributed by atoms with van der Waals surface area (Å²) in [6.07, 6.45) is 0. The molecule has 0 aliphatic heterocycles. The monoisotopic (exact) mass is 289 g/mol. The van der Waals surface area contributed by atoms with Gasteiger partial charge in [0.25, 0.3) is 0 Å². The molecule has 1 N–H and O–H groups in total. The van der Waals surface area contributed by atoms with Crippen molar-refractivity contribution in [1.29, 1.82) is 0 Å². The average molecular weight is 289 g/mol. The second kappa shape index (κ2) is 6.46. The van der Waals surface area contributed by atoms with Gasteiger partial charge in [0, 0.05) is 24.1 Å². The minimum atomic E-state index is 0.878. The lowest BCUT2D eigenvalue weighted by atomic mass is 10.1. The first kappa shape index (κ1) is 15.1. The van der Waals surface area contributed by atoms with Crippen LogP contribution in [0.4, 0.5) is 0 Å². The third-order valence-corrected chi connectivity index (χ3v) is 4.73. The van der Waals surface area contributed by atoms with Gasteiger partial charge in [-0.25, -0.2) is 0 Å². The number of nitrogens with one attached hydrogen (secondary N) is 1.